The zero-order valence-corrected chi connectivity index (χ0v) is 17.0. The number of nitrogens with zero attached hydrogens (tertiary/aromatic N) is 1. The minimum Gasteiger partial charge on any atom is -0.497 e. The first-order valence-corrected chi connectivity index (χ1v) is 9.75. The second-order valence-electron chi connectivity index (χ2n) is 7.43. The van der Waals surface area contributed by atoms with Crippen molar-refractivity contribution < 1.29 is 14.3 Å². The van der Waals surface area contributed by atoms with Crippen LogP contribution in [0.2, 0.25) is 5.02 Å². The number of carbonyl (C=O) groups excluding carboxylic acids is 2. The second kappa shape index (κ2) is 8.65. The van der Waals surface area contributed by atoms with Gasteiger partial charge in [-0.1, -0.05) is 29.8 Å². The maximum atomic E-state index is 12.9. The second-order valence-corrected chi connectivity index (χ2v) is 7.87. The summed E-state index contributed by atoms with van der Waals surface area (Å²) in [6, 6.07) is 14.5. The van der Waals surface area contributed by atoms with Crippen LogP contribution in [-0.2, 0) is 11.3 Å². The normalized spacial score (nSPS) is 19.2. The van der Waals surface area contributed by atoms with E-state index < -0.39 is 5.41 Å². The first-order chi connectivity index (χ1) is 13.4. The van der Waals surface area contributed by atoms with Crippen LogP contribution in [0.4, 0.5) is 0 Å². The lowest BCUT2D eigenvalue weighted by atomic mass is 9.80. The minimum absolute atomic E-state index is 0.0353. The first-order valence-electron chi connectivity index (χ1n) is 9.37. The molecule has 0 radical (unpaired) electrons. The van der Waals surface area contributed by atoms with E-state index in [0.29, 0.717) is 30.2 Å². The van der Waals surface area contributed by atoms with Gasteiger partial charge in [-0.25, -0.2) is 0 Å². The number of carbonyl (C=O) groups is 2. The number of nitrogens with one attached hydrogen (secondary N) is 1. The SMILES string of the molecule is COc1ccc(CNC(=O)C2(C)CCCN(C(=O)c3cccc(Cl)c3)C2)cc1. The molecule has 1 N–H and O–H groups in total. The van der Waals surface area contributed by atoms with Gasteiger partial charge in [0.2, 0.25) is 5.91 Å². The number of hydrogen-bond donors (Lipinski definition) is 1. The van der Waals surface area contributed by atoms with E-state index in [2.05, 4.69) is 5.32 Å². The maximum Gasteiger partial charge on any atom is 0.253 e. The Morgan fingerprint density at radius 2 is 1.96 bits per heavy atom. The smallest absolute Gasteiger partial charge is 0.253 e. The molecule has 1 aliphatic rings. The highest BCUT2D eigenvalue weighted by Gasteiger charge is 2.39. The first kappa shape index (κ1) is 20.2. The monoisotopic (exact) mass is 400 g/mol. The van der Waals surface area contributed by atoms with Crippen LogP contribution in [0.25, 0.3) is 0 Å². The average molecular weight is 401 g/mol. The molecule has 1 unspecified atom stereocenters. The predicted octanol–water partition coefficient (Wildman–Crippen LogP) is 3.91. The predicted molar refractivity (Wildman–Crippen MR) is 110 cm³/mol. The molecule has 148 valence electrons. The summed E-state index contributed by atoms with van der Waals surface area (Å²) in [5.41, 5.74) is 0.940. The minimum atomic E-state index is -0.612. The lowest BCUT2D eigenvalue weighted by Crippen LogP contribution is -2.51. The molecule has 2 amide bonds. The fraction of sp³-hybridized carbons (Fsp3) is 0.364. The molecular weight excluding hydrogens is 376 g/mol. The van der Waals surface area contributed by atoms with E-state index in [4.69, 9.17) is 16.3 Å². The Hall–Kier alpha value is -2.53. The number of methoxy groups -OCH3 is 1. The van der Waals surface area contributed by atoms with Crippen molar-refractivity contribution in [3.8, 4) is 5.75 Å². The van der Waals surface area contributed by atoms with Gasteiger partial charge in [-0.2, -0.15) is 0 Å². The summed E-state index contributed by atoms with van der Waals surface area (Å²) in [6.45, 7) is 3.41. The van der Waals surface area contributed by atoms with Gasteiger partial charge in [0.15, 0.2) is 0 Å². The molecule has 0 saturated carbocycles. The van der Waals surface area contributed by atoms with Gasteiger partial charge >= 0.3 is 0 Å². The third-order valence-corrected chi connectivity index (χ3v) is 5.45. The van der Waals surface area contributed by atoms with Crippen LogP contribution >= 0.6 is 11.6 Å². The van der Waals surface area contributed by atoms with Gasteiger partial charge < -0.3 is 15.0 Å². The van der Waals surface area contributed by atoms with Crippen molar-refractivity contribution in [2.45, 2.75) is 26.3 Å². The van der Waals surface area contributed by atoms with Crippen LogP contribution in [0.15, 0.2) is 48.5 Å². The molecule has 1 fully saturated rings. The Kier molecular flexibility index (Phi) is 6.25. The number of likely N-dealkylation sites (tertiary alicyclic amines) is 1. The molecule has 1 aliphatic heterocycles. The topological polar surface area (TPSA) is 58.6 Å². The highest BCUT2D eigenvalue weighted by molar-refractivity contribution is 6.30. The van der Waals surface area contributed by atoms with Crippen molar-refractivity contribution in [2.75, 3.05) is 20.2 Å². The number of piperidine rings is 1. The highest BCUT2D eigenvalue weighted by atomic mass is 35.5. The third kappa shape index (κ3) is 4.65. The molecule has 2 aromatic carbocycles. The van der Waals surface area contributed by atoms with Crippen molar-refractivity contribution in [1.29, 1.82) is 0 Å². The van der Waals surface area contributed by atoms with Gasteiger partial charge in [-0.05, 0) is 55.7 Å². The number of rotatable bonds is 5. The largest absolute Gasteiger partial charge is 0.497 e. The molecule has 6 heteroatoms. The van der Waals surface area contributed by atoms with Crippen LogP contribution in [0.1, 0.15) is 35.7 Å². The zero-order chi connectivity index (χ0) is 20.1. The van der Waals surface area contributed by atoms with E-state index in [1.54, 1.807) is 36.3 Å². The van der Waals surface area contributed by atoms with Gasteiger partial charge in [-0.3, -0.25) is 9.59 Å². The summed E-state index contributed by atoms with van der Waals surface area (Å²) in [6.07, 6.45) is 1.54. The number of hydrogen-bond acceptors (Lipinski definition) is 3. The van der Waals surface area contributed by atoms with Crippen molar-refractivity contribution in [3.63, 3.8) is 0 Å². The van der Waals surface area contributed by atoms with Gasteiger partial charge in [0.1, 0.15) is 5.75 Å². The van der Waals surface area contributed by atoms with E-state index in [1.165, 1.54) is 0 Å². The van der Waals surface area contributed by atoms with Crippen molar-refractivity contribution >= 4 is 23.4 Å². The van der Waals surface area contributed by atoms with Gasteiger partial charge in [0.05, 0.1) is 12.5 Å². The molecule has 1 saturated heterocycles. The summed E-state index contributed by atoms with van der Waals surface area (Å²) < 4.78 is 5.15. The summed E-state index contributed by atoms with van der Waals surface area (Å²) in [5.74, 6) is 0.660. The molecule has 0 spiro atoms. The molecule has 1 heterocycles. The standard InChI is InChI=1S/C22H25ClN2O3/c1-22(21(27)24-14-16-7-9-19(28-2)10-8-16)11-4-12-25(15-22)20(26)17-5-3-6-18(23)13-17/h3,5-10,13H,4,11-12,14-15H2,1-2H3,(H,24,27). The maximum absolute atomic E-state index is 12.9. The molecule has 0 aliphatic carbocycles. The van der Waals surface area contributed by atoms with E-state index in [0.717, 1.165) is 24.2 Å². The zero-order valence-electron chi connectivity index (χ0n) is 16.2. The molecule has 0 aromatic heterocycles. The van der Waals surface area contributed by atoms with Crippen LogP contribution < -0.4 is 10.1 Å². The number of amides is 2. The van der Waals surface area contributed by atoms with Crippen molar-refractivity contribution in [2.24, 2.45) is 5.41 Å². The van der Waals surface area contributed by atoms with Crippen LogP contribution in [0.5, 0.6) is 5.75 Å². The average Bonchev–Trinajstić information content (AvgIpc) is 2.71. The number of halogens is 1. The summed E-state index contributed by atoms with van der Waals surface area (Å²) >= 11 is 6.01. The van der Waals surface area contributed by atoms with Crippen LogP contribution in [0, 0.1) is 5.41 Å². The number of benzene rings is 2. The number of ether oxygens (including phenoxy) is 1. The summed E-state index contributed by atoms with van der Waals surface area (Å²) in [7, 11) is 1.62. The summed E-state index contributed by atoms with van der Waals surface area (Å²) in [5, 5.41) is 3.55. The summed E-state index contributed by atoms with van der Waals surface area (Å²) in [4.78, 5) is 27.5. The van der Waals surface area contributed by atoms with Gasteiger partial charge in [0.25, 0.3) is 5.91 Å². The Morgan fingerprint density at radius 1 is 1.21 bits per heavy atom. The molecule has 2 aromatic rings. The van der Waals surface area contributed by atoms with E-state index in [-0.39, 0.29) is 11.8 Å². The van der Waals surface area contributed by atoms with Gasteiger partial charge in [0, 0.05) is 30.2 Å². The third-order valence-electron chi connectivity index (χ3n) is 5.22. The molecule has 0 bridgehead atoms. The fourth-order valence-electron chi connectivity index (χ4n) is 3.54. The Morgan fingerprint density at radius 3 is 2.64 bits per heavy atom. The molecule has 5 nitrogen and oxygen atoms in total. The Balaban J connectivity index is 1.63. The quantitative estimate of drug-likeness (QED) is 0.827. The molecular formula is C22H25ClN2O3. The fourth-order valence-corrected chi connectivity index (χ4v) is 3.73. The van der Waals surface area contributed by atoms with Crippen molar-refractivity contribution in [1.82, 2.24) is 10.2 Å². The molecule has 1 atom stereocenters. The Bertz CT molecular complexity index is 853. The van der Waals surface area contributed by atoms with Gasteiger partial charge in [-0.15, -0.1) is 0 Å². The van der Waals surface area contributed by atoms with Crippen LogP contribution in [-0.4, -0.2) is 36.9 Å². The van der Waals surface area contributed by atoms with E-state index in [1.807, 2.05) is 31.2 Å². The van der Waals surface area contributed by atoms with Crippen LogP contribution in [0.3, 0.4) is 0 Å². The Labute approximate surface area is 170 Å². The highest BCUT2D eigenvalue weighted by Crippen LogP contribution is 2.31. The van der Waals surface area contributed by atoms with Crippen molar-refractivity contribution in [3.05, 3.63) is 64.7 Å². The molecule has 28 heavy (non-hydrogen) atoms. The lowest BCUT2D eigenvalue weighted by molar-refractivity contribution is -0.132. The molecule has 3 rings (SSSR count). The van der Waals surface area contributed by atoms with E-state index in [9.17, 15) is 9.59 Å². The lowest BCUT2D eigenvalue weighted by Gasteiger charge is -2.39. The van der Waals surface area contributed by atoms with E-state index >= 15 is 0 Å².